The van der Waals surface area contributed by atoms with E-state index in [0.717, 1.165) is 5.56 Å². The largest absolute Gasteiger partial charge is 0.495 e. The van der Waals surface area contributed by atoms with E-state index in [-0.39, 0.29) is 24.8 Å². The highest BCUT2D eigenvalue weighted by molar-refractivity contribution is 6.04. The van der Waals surface area contributed by atoms with Crippen LogP contribution < -0.4 is 15.0 Å². The van der Waals surface area contributed by atoms with Crippen molar-refractivity contribution in [2.24, 2.45) is 5.92 Å². The van der Waals surface area contributed by atoms with Crippen LogP contribution in [0, 0.1) is 12.8 Å². The van der Waals surface area contributed by atoms with Gasteiger partial charge >= 0.3 is 5.97 Å². The molecule has 2 aromatic rings. The summed E-state index contributed by atoms with van der Waals surface area (Å²) in [6.45, 7) is 2.10. The van der Waals surface area contributed by atoms with Gasteiger partial charge in [-0.2, -0.15) is 0 Å². The van der Waals surface area contributed by atoms with E-state index in [1.165, 1.54) is 7.11 Å². The van der Waals surface area contributed by atoms with Crippen LogP contribution >= 0.6 is 0 Å². The fraction of sp³-hybridized carbons (Fsp3) is 0.286. The molecule has 7 nitrogen and oxygen atoms in total. The summed E-state index contributed by atoms with van der Waals surface area (Å²) in [7, 11) is 2.84. The molecule has 0 spiro atoms. The van der Waals surface area contributed by atoms with Crippen LogP contribution in [0.2, 0.25) is 0 Å². The molecule has 0 saturated carbocycles. The molecule has 2 amide bonds. The summed E-state index contributed by atoms with van der Waals surface area (Å²) in [4.78, 5) is 38.5. The maximum atomic E-state index is 12.8. The summed E-state index contributed by atoms with van der Waals surface area (Å²) in [5.74, 6) is -0.799. The lowest BCUT2D eigenvalue weighted by Gasteiger charge is -2.19. The molecule has 0 aliphatic carbocycles. The lowest BCUT2D eigenvalue weighted by atomic mass is 10.1. The number of nitrogens with one attached hydrogen (secondary N) is 1. The number of anilines is 2. The van der Waals surface area contributed by atoms with Crippen molar-refractivity contribution in [2.45, 2.75) is 13.3 Å². The van der Waals surface area contributed by atoms with Gasteiger partial charge in [0.2, 0.25) is 11.8 Å². The van der Waals surface area contributed by atoms with Crippen molar-refractivity contribution in [2.75, 3.05) is 31.0 Å². The van der Waals surface area contributed by atoms with Crippen LogP contribution in [0.1, 0.15) is 22.3 Å². The monoisotopic (exact) mass is 382 g/mol. The van der Waals surface area contributed by atoms with Gasteiger partial charge < -0.3 is 19.7 Å². The predicted molar refractivity (Wildman–Crippen MR) is 105 cm³/mol. The number of hydrogen-bond donors (Lipinski definition) is 1. The molecule has 1 atom stereocenters. The molecule has 1 aliphatic heterocycles. The first-order valence-corrected chi connectivity index (χ1v) is 8.87. The molecule has 0 bridgehead atoms. The van der Waals surface area contributed by atoms with Crippen LogP contribution in [0.15, 0.2) is 42.5 Å². The second kappa shape index (κ2) is 8.12. The summed E-state index contributed by atoms with van der Waals surface area (Å²) in [5.41, 5.74) is 2.33. The van der Waals surface area contributed by atoms with Crippen LogP contribution in [0.4, 0.5) is 11.4 Å². The summed E-state index contributed by atoms with van der Waals surface area (Å²) >= 11 is 0. The number of benzene rings is 2. The number of ether oxygens (including phenoxy) is 2. The van der Waals surface area contributed by atoms with Gasteiger partial charge in [0.1, 0.15) is 5.75 Å². The standard InChI is InChI=1S/C21H22N2O5/c1-13-8-9-14(21(26)28-3)10-16(13)22-20(25)15-11-19(24)23(12-15)17-6-4-5-7-18(17)27-2/h4-10,15H,11-12H2,1-3H3,(H,22,25)/t15-/m0/s1. The zero-order chi connectivity index (χ0) is 20.3. The molecule has 1 heterocycles. The number of amides is 2. The van der Waals surface area contributed by atoms with Gasteiger partial charge in [0.25, 0.3) is 0 Å². The summed E-state index contributed by atoms with van der Waals surface area (Å²) in [6, 6.07) is 12.2. The van der Waals surface area contributed by atoms with Crippen LogP contribution in [-0.2, 0) is 14.3 Å². The van der Waals surface area contributed by atoms with E-state index in [4.69, 9.17) is 9.47 Å². The number of hydrogen-bond acceptors (Lipinski definition) is 5. The summed E-state index contributed by atoms with van der Waals surface area (Å²) in [6.07, 6.45) is 0.111. The van der Waals surface area contributed by atoms with E-state index in [9.17, 15) is 14.4 Å². The van der Waals surface area contributed by atoms with Gasteiger partial charge in [0.05, 0.1) is 31.4 Å². The highest BCUT2D eigenvalue weighted by Gasteiger charge is 2.36. The van der Waals surface area contributed by atoms with Crippen molar-refractivity contribution in [3.8, 4) is 5.75 Å². The zero-order valence-electron chi connectivity index (χ0n) is 16.0. The minimum atomic E-state index is -0.501. The Labute approximate surface area is 163 Å². The molecule has 1 aliphatic rings. The molecular weight excluding hydrogens is 360 g/mol. The molecule has 28 heavy (non-hydrogen) atoms. The Morgan fingerprint density at radius 3 is 2.61 bits per heavy atom. The normalized spacial score (nSPS) is 16.0. The molecule has 0 unspecified atom stereocenters. The van der Waals surface area contributed by atoms with Gasteiger partial charge in [-0.05, 0) is 36.8 Å². The fourth-order valence-electron chi connectivity index (χ4n) is 3.21. The number of para-hydroxylation sites is 2. The fourth-order valence-corrected chi connectivity index (χ4v) is 3.21. The van der Waals surface area contributed by atoms with E-state index in [2.05, 4.69) is 5.32 Å². The molecule has 1 saturated heterocycles. The number of nitrogens with zero attached hydrogens (tertiary/aromatic N) is 1. The number of methoxy groups -OCH3 is 2. The minimum absolute atomic E-state index is 0.111. The van der Waals surface area contributed by atoms with Gasteiger partial charge in [0, 0.05) is 18.7 Å². The Balaban J connectivity index is 1.76. The Kier molecular flexibility index (Phi) is 5.63. The SMILES string of the molecule is COC(=O)c1ccc(C)c(NC(=O)[C@H]2CC(=O)N(c3ccccc3OC)C2)c1. The van der Waals surface area contributed by atoms with Crippen molar-refractivity contribution in [3.05, 3.63) is 53.6 Å². The molecule has 3 rings (SSSR count). The molecule has 0 radical (unpaired) electrons. The summed E-state index contributed by atoms with van der Waals surface area (Å²) in [5, 5.41) is 2.84. The second-order valence-electron chi connectivity index (χ2n) is 6.59. The average molecular weight is 382 g/mol. The highest BCUT2D eigenvalue weighted by Crippen LogP contribution is 2.33. The molecule has 2 aromatic carbocycles. The lowest BCUT2D eigenvalue weighted by Crippen LogP contribution is -2.28. The minimum Gasteiger partial charge on any atom is -0.495 e. The first-order chi connectivity index (χ1) is 13.4. The first-order valence-electron chi connectivity index (χ1n) is 8.87. The maximum absolute atomic E-state index is 12.8. The maximum Gasteiger partial charge on any atom is 0.337 e. The Morgan fingerprint density at radius 2 is 1.89 bits per heavy atom. The topological polar surface area (TPSA) is 84.9 Å². The van der Waals surface area contributed by atoms with Crippen LogP contribution in [0.25, 0.3) is 0 Å². The van der Waals surface area contributed by atoms with Crippen LogP contribution in [-0.4, -0.2) is 38.5 Å². The van der Waals surface area contributed by atoms with Crippen molar-refractivity contribution < 1.29 is 23.9 Å². The van der Waals surface area contributed by atoms with Crippen LogP contribution in [0.3, 0.4) is 0 Å². The van der Waals surface area contributed by atoms with E-state index < -0.39 is 11.9 Å². The third-order valence-electron chi connectivity index (χ3n) is 4.79. The molecule has 1 N–H and O–H groups in total. The van der Waals surface area contributed by atoms with E-state index in [1.807, 2.05) is 19.1 Å². The average Bonchev–Trinajstić information content (AvgIpc) is 3.10. The number of rotatable bonds is 5. The Morgan fingerprint density at radius 1 is 1.14 bits per heavy atom. The van der Waals surface area contributed by atoms with Gasteiger partial charge in [-0.25, -0.2) is 4.79 Å². The van der Waals surface area contributed by atoms with Crippen LogP contribution in [0.5, 0.6) is 5.75 Å². The van der Waals surface area contributed by atoms with Gasteiger partial charge in [-0.15, -0.1) is 0 Å². The number of carbonyl (C=O) groups is 3. The third kappa shape index (κ3) is 3.83. The third-order valence-corrected chi connectivity index (χ3v) is 4.79. The van der Waals surface area contributed by atoms with Gasteiger partial charge in [-0.1, -0.05) is 18.2 Å². The first kappa shape index (κ1) is 19.4. The van der Waals surface area contributed by atoms with E-state index in [1.54, 1.807) is 42.3 Å². The Hall–Kier alpha value is -3.35. The second-order valence-corrected chi connectivity index (χ2v) is 6.59. The lowest BCUT2D eigenvalue weighted by molar-refractivity contribution is -0.122. The highest BCUT2D eigenvalue weighted by atomic mass is 16.5. The number of esters is 1. The van der Waals surface area contributed by atoms with Crippen molar-refractivity contribution in [3.63, 3.8) is 0 Å². The predicted octanol–water partition coefficient (Wildman–Crippen LogP) is 2.78. The smallest absolute Gasteiger partial charge is 0.337 e. The molecule has 146 valence electrons. The zero-order valence-corrected chi connectivity index (χ0v) is 16.0. The quantitative estimate of drug-likeness (QED) is 0.804. The Bertz CT molecular complexity index is 925. The van der Waals surface area contributed by atoms with Crippen molar-refractivity contribution >= 4 is 29.2 Å². The molecule has 0 aromatic heterocycles. The van der Waals surface area contributed by atoms with Crippen molar-refractivity contribution in [1.82, 2.24) is 0 Å². The number of carbonyl (C=O) groups excluding carboxylic acids is 3. The van der Waals surface area contributed by atoms with Gasteiger partial charge in [-0.3, -0.25) is 9.59 Å². The van der Waals surface area contributed by atoms with E-state index >= 15 is 0 Å². The molecule has 1 fully saturated rings. The van der Waals surface area contributed by atoms with Crippen molar-refractivity contribution in [1.29, 1.82) is 0 Å². The molecular formula is C21H22N2O5. The van der Waals surface area contributed by atoms with Gasteiger partial charge in [0.15, 0.2) is 0 Å². The summed E-state index contributed by atoms with van der Waals surface area (Å²) < 4.78 is 10.0. The van der Waals surface area contributed by atoms with E-state index in [0.29, 0.717) is 22.7 Å². The number of aryl methyl sites for hydroxylation is 1. The molecule has 7 heteroatoms.